The van der Waals surface area contributed by atoms with E-state index in [-0.39, 0.29) is 0 Å². The summed E-state index contributed by atoms with van der Waals surface area (Å²) in [5.74, 6) is 0.334. The van der Waals surface area contributed by atoms with E-state index < -0.39 is 0 Å². The van der Waals surface area contributed by atoms with Crippen LogP contribution in [0.2, 0.25) is 0 Å². The first-order chi connectivity index (χ1) is 8.33. The number of ether oxygens (including phenoxy) is 1. The van der Waals surface area contributed by atoms with Crippen molar-refractivity contribution in [2.24, 2.45) is 0 Å². The van der Waals surface area contributed by atoms with Gasteiger partial charge in [0.05, 0.1) is 6.61 Å². The Labute approximate surface area is 103 Å². The Hall–Kier alpha value is -1.60. The van der Waals surface area contributed by atoms with Crippen LogP contribution in [0, 0.1) is 0 Å². The molecule has 17 heavy (non-hydrogen) atoms. The van der Waals surface area contributed by atoms with E-state index in [2.05, 4.69) is 43.0 Å². The Morgan fingerprint density at radius 2 is 2.12 bits per heavy atom. The van der Waals surface area contributed by atoms with Gasteiger partial charge < -0.3 is 4.74 Å². The van der Waals surface area contributed by atoms with Gasteiger partial charge in [0.15, 0.2) is 0 Å². The van der Waals surface area contributed by atoms with Crippen LogP contribution in [0.15, 0.2) is 54.6 Å². The average Bonchev–Trinajstić information content (AvgIpc) is 2.65. The minimum atomic E-state index is 0.334. The van der Waals surface area contributed by atoms with Gasteiger partial charge in [-0.15, -0.1) is 0 Å². The van der Waals surface area contributed by atoms with Gasteiger partial charge >= 0.3 is 0 Å². The van der Waals surface area contributed by atoms with Gasteiger partial charge in [0, 0.05) is 13.0 Å². The third-order valence-electron chi connectivity index (χ3n) is 3.20. The van der Waals surface area contributed by atoms with Gasteiger partial charge in [-0.05, 0) is 29.2 Å². The van der Waals surface area contributed by atoms with Crippen LogP contribution in [0.3, 0.4) is 0 Å². The minimum absolute atomic E-state index is 0.334. The predicted octanol–water partition coefficient (Wildman–Crippen LogP) is 3.95. The van der Waals surface area contributed by atoms with Crippen molar-refractivity contribution in [3.8, 4) is 0 Å². The van der Waals surface area contributed by atoms with Crippen molar-refractivity contribution in [1.29, 1.82) is 0 Å². The Morgan fingerprint density at radius 1 is 1.35 bits per heavy atom. The molecule has 2 rings (SSSR count). The van der Waals surface area contributed by atoms with Gasteiger partial charge in [0.25, 0.3) is 0 Å². The van der Waals surface area contributed by atoms with Gasteiger partial charge in [0.2, 0.25) is 0 Å². The molecule has 0 aliphatic heterocycles. The summed E-state index contributed by atoms with van der Waals surface area (Å²) in [6.07, 6.45) is 6.19. The highest BCUT2D eigenvalue weighted by Crippen LogP contribution is 2.42. The first-order valence-electron chi connectivity index (χ1n) is 5.91. The summed E-state index contributed by atoms with van der Waals surface area (Å²) in [4.78, 5) is 0. The fourth-order valence-electron chi connectivity index (χ4n) is 2.52. The molecular formula is C16H18O. The first-order valence-corrected chi connectivity index (χ1v) is 5.91. The number of fused-ring (bicyclic) bond motifs is 1. The highest BCUT2D eigenvalue weighted by molar-refractivity contribution is 5.86. The average molecular weight is 226 g/mol. The largest absolute Gasteiger partial charge is 0.384 e. The number of rotatable bonds is 4. The zero-order chi connectivity index (χ0) is 12.3. The van der Waals surface area contributed by atoms with E-state index in [9.17, 15) is 0 Å². The van der Waals surface area contributed by atoms with Crippen molar-refractivity contribution >= 4 is 5.57 Å². The third kappa shape index (κ3) is 1.98. The van der Waals surface area contributed by atoms with Crippen LogP contribution in [0.5, 0.6) is 0 Å². The SMILES string of the molecule is C=CC1=C(C=CC)C(COC)c2ccccc21. The highest BCUT2D eigenvalue weighted by atomic mass is 16.5. The lowest BCUT2D eigenvalue weighted by Gasteiger charge is -2.13. The maximum absolute atomic E-state index is 5.35. The molecule has 1 unspecified atom stereocenters. The summed E-state index contributed by atoms with van der Waals surface area (Å²) in [7, 11) is 1.75. The molecule has 0 saturated heterocycles. The summed E-state index contributed by atoms with van der Waals surface area (Å²) in [5, 5.41) is 0. The van der Waals surface area contributed by atoms with Gasteiger partial charge in [0.1, 0.15) is 0 Å². The second-order valence-electron chi connectivity index (χ2n) is 4.17. The molecule has 0 bridgehead atoms. The van der Waals surface area contributed by atoms with Crippen molar-refractivity contribution in [1.82, 2.24) is 0 Å². The van der Waals surface area contributed by atoms with Crippen molar-refractivity contribution in [3.63, 3.8) is 0 Å². The van der Waals surface area contributed by atoms with Crippen LogP contribution in [-0.4, -0.2) is 13.7 Å². The summed E-state index contributed by atoms with van der Waals surface area (Å²) in [6, 6.07) is 8.50. The Morgan fingerprint density at radius 3 is 2.76 bits per heavy atom. The zero-order valence-electron chi connectivity index (χ0n) is 10.4. The molecule has 1 aromatic rings. The molecule has 1 aliphatic carbocycles. The lowest BCUT2D eigenvalue weighted by Crippen LogP contribution is -2.05. The molecule has 0 spiro atoms. The minimum Gasteiger partial charge on any atom is -0.384 e. The van der Waals surface area contributed by atoms with Crippen molar-refractivity contribution in [2.75, 3.05) is 13.7 Å². The van der Waals surface area contributed by atoms with Crippen molar-refractivity contribution < 1.29 is 4.74 Å². The molecule has 1 nitrogen and oxygen atoms in total. The molecule has 0 radical (unpaired) electrons. The summed E-state index contributed by atoms with van der Waals surface area (Å²) >= 11 is 0. The molecule has 0 heterocycles. The van der Waals surface area contributed by atoms with E-state index >= 15 is 0 Å². The second kappa shape index (κ2) is 5.15. The standard InChI is InChI=1S/C16H18O/c1-4-8-13-12(5-2)14-9-6-7-10-15(14)16(13)11-17-3/h4-10,16H,2,11H2,1,3H3. The third-order valence-corrected chi connectivity index (χ3v) is 3.20. The number of methoxy groups -OCH3 is 1. The van der Waals surface area contributed by atoms with Gasteiger partial charge in [-0.1, -0.05) is 49.1 Å². The van der Waals surface area contributed by atoms with E-state index in [0.29, 0.717) is 12.5 Å². The number of allylic oxidation sites excluding steroid dienone is 4. The Bertz CT molecular complexity index is 480. The lowest BCUT2D eigenvalue weighted by atomic mass is 9.96. The van der Waals surface area contributed by atoms with Crippen LogP contribution in [0.4, 0.5) is 0 Å². The molecule has 0 aromatic heterocycles. The Kier molecular flexibility index (Phi) is 3.60. The summed E-state index contributed by atoms with van der Waals surface area (Å²) in [5.41, 5.74) is 5.18. The van der Waals surface area contributed by atoms with Gasteiger partial charge in [-0.2, -0.15) is 0 Å². The molecule has 0 N–H and O–H groups in total. The topological polar surface area (TPSA) is 9.23 Å². The normalized spacial score (nSPS) is 18.8. The molecular weight excluding hydrogens is 208 g/mol. The highest BCUT2D eigenvalue weighted by Gasteiger charge is 2.27. The molecule has 0 saturated carbocycles. The maximum atomic E-state index is 5.35. The molecule has 1 aromatic carbocycles. The Balaban J connectivity index is 2.57. The van der Waals surface area contributed by atoms with E-state index in [1.165, 1.54) is 22.3 Å². The fourth-order valence-corrected chi connectivity index (χ4v) is 2.52. The van der Waals surface area contributed by atoms with Gasteiger partial charge in [-0.25, -0.2) is 0 Å². The molecule has 0 amide bonds. The molecule has 88 valence electrons. The van der Waals surface area contributed by atoms with E-state index in [1.807, 2.05) is 13.0 Å². The molecule has 1 atom stereocenters. The van der Waals surface area contributed by atoms with Crippen LogP contribution in [0.1, 0.15) is 24.0 Å². The van der Waals surface area contributed by atoms with Crippen molar-refractivity contribution in [3.05, 3.63) is 65.8 Å². The van der Waals surface area contributed by atoms with E-state index in [4.69, 9.17) is 4.74 Å². The first kappa shape index (κ1) is 11.9. The second-order valence-corrected chi connectivity index (χ2v) is 4.17. The number of benzene rings is 1. The molecule has 1 heteroatoms. The van der Waals surface area contributed by atoms with Gasteiger partial charge in [-0.3, -0.25) is 0 Å². The van der Waals surface area contributed by atoms with Crippen LogP contribution >= 0.6 is 0 Å². The molecule has 0 fully saturated rings. The van der Waals surface area contributed by atoms with E-state index in [0.717, 1.165) is 0 Å². The molecule has 1 aliphatic rings. The predicted molar refractivity (Wildman–Crippen MR) is 73.0 cm³/mol. The number of hydrogen-bond donors (Lipinski definition) is 0. The van der Waals surface area contributed by atoms with Crippen molar-refractivity contribution in [2.45, 2.75) is 12.8 Å². The monoisotopic (exact) mass is 226 g/mol. The quantitative estimate of drug-likeness (QED) is 0.755. The van der Waals surface area contributed by atoms with E-state index in [1.54, 1.807) is 7.11 Å². The summed E-state index contributed by atoms with van der Waals surface area (Å²) < 4.78 is 5.35. The smallest absolute Gasteiger partial charge is 0.0572 e. The maximum Gasteiger partial charge on any atom is 0.0572 e. The fraction of sp³-hybridized carbons (Fsp3) is 0.250. The lowest BCUT2D eigenvalue weighted by molar-refractivity contribution is 0.190. The van der Waals surface area contributed by atoms with Crippen LogP contribution in [0.25, 0.3) is 5.57 Å². The summed E-state index contributed by atoms with van der Waals surface area (Å²) in [6.45, 7) is 6.69. The van der Waals surface area contributed by atoms with Crippen LogP contribution in [-0.2, 0) is 4.74 Å². The number of hydrogen-bond acceptors (Lipinski definition) is 1. The zero-order valence-corrected chi connectivity index (χ0v) is 10.4. The van der Waals surface area contributed by atoms with Crippen LogP contribution < -0.4 is 0 Å².